The number of amides is 1. The standard InChI is InChI=1S/C23H21F6NO4/c1-33-21(32)20(31)30-9-5-8-18(19(30)15-6-3-2-4-7-15)34-13-14-10-16(22(24,25)26)12-17(11-14)23(27,28)29/h2-4,6-7,10-12,18-19H,5,8-9,13H2,1H3/t18-,19-/m1/s1. The highest BCUT2D eigenvalue weighted by Gasteiger charge is 2.40. The Morgan fingerprint density at radius 2 is 1.56 bits per heavy atom. The van der Waals surface area contributed by atoms with Crippen molar-refractivity contribution in [1.29, 1.82) is 0 Å². The van der Waals surface area contributed by atoms with Gasteiger partial charge < -0.3 is 14.4 Å². The van der Waals surface area contributed by atoms with Crippen molar-refractivity contribution < 1.29 is 45.4 Å². The molecule has 1 heterocycles. The summed E-state index contributed by atoms with van der Waals surface area (Å²) in [6.07, 6.45) is -9.95. The summed E-state index contributed by atoms with van der Waals surface area (Å²) < 4.78 is 89.3. The molecule has 11 heteroatoms. The average molecular weight is 489 g/mol. The predicted octanol–water partition coefficient (Wildman–Crippen LogP) is 5.15. The number of hydrogen-bond donors (Lipinski definition) is 0. The van der Waals surface area contributed by atoms with Crippen LogP contribution in [0.2, 0.25) is 0 Å². The monoisotopic (exact) mass is 489 g/mol. The molecule has 0 radical (unpaired) electrons. The summed E-state index contributed by atoms with van der Waals surface area (Å²) in [7, 11) is 1.06. The van der Waals surface area contributed by atoms with Gasteiger partial charge in [-0.3, -0.25) is 4.79 Å². The van der Waals surface area contributed by atoms with E-state index in [9.17, 15) is 35.9 Å². The van der Waals surface area contributed by atoms with E-state index in [0.717, 1.165) is 7.11 Å². The molecule has 0 spiro atoms. The summed E-state index contributed by atoms with van der Waals surface area (Å²) in [5, 5.41) is 0. The zero-order valence-corrected chi connectivity index (χ0v) is 17.9. The number of piperidine rings is 1. The van der Waals surface area contributed by atoms with Crippen LogP contribution in [0.15, 0.2) is 48.5 Å². The van der Waals surface area contributed by atoms with Gasteiger partial charge in [-0.15, -0.1) is 0 Å². The van der Waals surface area contributed by atoms with E-state index in [1.807, 2.05) is 0 Å². The lowest BCUT2D eigenvalue weighted by Crippen LogP contribution is -2.48. The van der Waals surface area contributed by atoms with Crippen LogP contribution in [0.3, 0.4) is 0 Å². The van der Waals surface area contributed by atoms with Gasteiger partial charge in [0.2, 0.25) is 0 Å². The van der Waals surface area contributed by atoms with E-state index in [4.69, 9.17) is 4.74 Å². The zero-order valence-electron chi connectivity index (χ0n) is 17.9. The molecule has 1 fully saturated rings. The average Bonchev–Trinajstić information content (AvgIpc) is 2.80. The molecule has 184 valence electrons. The van der Waals surface area contributed by atoms with E-state index >= 15 is 0 Å². The fourth-order valence-corrected chi connectivity index (χ4v) is 3.92. The van der Waals surface area contributed by atoms with Gasteiger partial charge in [-0.05, 0) is 42.2 Å². The Bertz CT molecular complexity index is 990. The first-order valence-corrected chi connectivity index (χ1v) is 10.3. The van der Waals surface area contributed by atoms with Crippen LogP contribution in [-0.4, -0.2) is 36.5 Å². The number of carbonyl (C=O) groups is 2. The van der Waals surface area contributed by atoms with Crippen molar-refractivity contribution in [3.63, 3.8) is 0 Å². The maximum absolute atomic E-state index is 13.2. The highest BCUT2D eigenvalue weighted by Crippen LogP contribution is 2.38. The molecule has 34 heavy (non-hydrogen) atoms. The van der Waals surface area contributed by atoms with Gasteiger partial charge in [0.1, 0.15) is 0 Å². The third kappa shape index (κ3) is 5.88. The molecule has 0 bridgehead atoms. The molecule has 2 aromatic carbocycles. The Hall–Kier alpha value is -3.08. The Labute approximate surface area is 191 Å². The van der Waals surface area contributed by atoms with Gasteiger partial charge in [0.15, 0.2) is 0 Å². The van der Waals surface area contributed by atoms with Crippen LogP contribution in [0.5, 0.6) is 0 Å². The number of likely N-dealkylation sites (tertiary alicyclic amines) is 1. The SMILES string of the molecule is COC(=O)C(=O)N1CCC[C@@H](OCc2cc(C(F)(F)F)cc(C(F)(F)F)c2)[C@H]1c1ccccc1. The maximum Gasteiger partial charge on any atom is 0.416 e. The fraction of sp³-hybridized carbons (Fsp3) is 0.391. The fourth-order valence-electron chi connectivity index (χ4n) is 3.92. The van der Waals surface area contributed by atoms with Crippen LogP contribution in [0.25, 0.3) is 0 Å². The molecule has 0 aliphatic carbocycles. The molecule has 0 saturated carbocycles. The summed E-state index contributed by atoms with van der Waals surface area (Å²) in [4.78, 5) is 25.7. The minimum atomic E-state index is -4.98. The Morgan fingerprint density at radius 3 is 2.09 bits per heavy atom. The number of ether oxygens (including phenoxy) is 2. The molecule has 2 aromatic rings. The topological polar surface area (TPSA) is 55.8 Å². The summed E-state index contributed by atoms with van der Waals surface area (Å²) >= 11 is 0. The Morgan fingerprint density at radius 1 is 0.971 bits per heavy atom. The first-order valence-electron chi connectivity index (χ1n) is 10.3. The summed E-state index contributed by atoms with van der Waals surface area (Å²) in [5.74, 6) is -2.00. The molecule has 1 aliphatic rings. The summed E-state index contributed by atoms with van der Waals surface area (Å²) in [5.41, 5.74) is -2.59. The van der Waals surface area contributed by atoms with Crippen LogP contribution in [-0.2, 0) is 38.0 Å². The second-order valence-electron chi connectivity index (χ2n) is 7.75. The first kappa shape index (κ1) is 25.5. The lowest BCUT2D eigenvalue weighted by atomic mass is 9.92. The number of benzene rings is 2. The molecule has 0 unspecified atom stereocenters. The Balaban J connectivity index is 1.91. The van der Waals surface area contributed by atoms with Gasteiger partial charge >= 0.3 is 24.2 Å². The number of carbonyl (C=O) groups excluding carboxylic acids is 2. The van der Waals surface area contributed by atoms with E-state index in [0.29, 0.717) is 30.5 Å². The van der Waals surface area contributed by atoms with Gasteiger partial charge in [0, 0.05) is 6.54 Å². The van der Waals surface area contributed by atoms with Crippen LogP contribution in [0.4, 0.5) is 26.3 Å². The van der Waals surface area contributed by atoms with Crippen molar-refractivity contribution in [3.05, 3.63) is 70.8 Å². The van der Waals surface area contributed by atoms with Crippen molar-refractivity contribution in [3.8, 4) is 0 Å². The third-order valence-corrected chi connectivity index (χ3v) is 5.45. The molecule has 5 nitrogen and oxygen atoms in total. The zero-order chi connectivity index (χ0) is 25.1. The van der Waals surface area contributed by atoms with Crippen LogP contribution in [0.1, 0.15) is 41.1 Å². The molecule has 1 saturated heterocycles. The first-order chi connectivity index (χ1) is 15.9. The smallest absolute Gasteiger partial charge is 0.416 e. The van der Waals surface area contributed by atoms with Gasteiger partial charge in [-0.2, -0.15) is 26.3 Å². The van der Waals surface area contributed by atoms with Crippen molar-refractivity contribution in [2.45, 2.75) is 43.9 Å². The van der Waals surface area contributed by atoms with E-state index in [2.05, 4.69) is 4.74 Å². The van der Waals surface area contributed by atoms with Gasteiger partial charge in [0.25, 0.3) is 0 Å². The van der Waals surface area contributed by atoms with Crippen molar-refractivity contribution in [1.82, 2.24) is 4.90 Å². The lowest BCUT2D eigenvalue weighted by molar-refractivity contribution is -0.163. The molecule has 1 amide bonds. The van der Waals surface area contributed by atoms with E-state index in [1.54, 1.807) is 30.3 Å². The molecule has 0 aromatic heterocycles. The van der Waals surface area contributed by atoms with E-state index in [1.165, 1.54) is 4.90 Å². The lowest BCUT2D eigenvalue weighted by Gasteiger charge is -2.40. The minimum absolute atomic E-state index is 0.0492. The molecule has 0 N–H and O–H groups in total. The molecular formula is C23H21F6NO4. The predicted molar refractivity (Wildman–Crippen MR) is 107 cm³/mol. The van der Waals surface area contributed by atoms with Crippen LogP contribution in [0, 0.1) is 0 Å². The highest BCUT2D eigenvalue weighted by molar-refractivity contribution is 6.32. The molecular weight excluding hydrogens is 468 g/mol. The van der Waals surface area contributed by atoms with Gasteiger partial charge in [-0.25, -0.2) is 4.79 Å². The molecule has 1 aliphatic heterocycles. The molecule has 3 rings (SSSR count). The van der Waals surface area contributed by atoms with E-state index < -0.39 is 54.1 Å². The van der Waals surface area contributed by atoms with Crippen LogP contribution >= 0.6 is 0 Å². The number of rotatable bonds is 4. The van der Waals surface area contributed by atoms with Crippen molar-refractivity contribution in [2.75, 3.05) is 13.7 Å². The van der Waals surface area contributed by atoms with Crippen LogP contribution < -0.4 is 0 Å². The number of alkyl halides is 6. The number of methoxy groups -OCH3 is 1. The van der Waals surface area contributed by atoms with Crippen molar-refractivity contribution in [2.24, 2.45) is 0 Å². The largest absolute Gasteiger partial charge is 0.462 e. The number of halogens is 6. The van der Waals surface area contributed by atoms with Crippen molar-refractivity contribution >= 4 is 11.9 Å². The number of hydrogen-bond acceptors (Lipinski definition) is 4. The maximum atomic E-state index is 13.2. The van der Waals surface area contributed by atoms with Gasteiger partial charge in [-0.1, -0.05) is 30.3 Å². The minimum Gasteiger partial charge on any atom is -0.462 e. The van der Waals surface area contributed by atoms with Gasteiger partial charge in [0.05, 0.1) is 37.0 Å². The third-order valence-electron chi connectivity index (χ3n) is 5.45. The molecule has 2 atom stereocenters. The quantitative estimate of drug-likeness (QED) is 0.339. The normalized spacial score (nSPS) is 19.1. The number of nitrogens with zero attached hydrogens (tertiary/aromatic N) is 1. The van der Waals surface area contributed by atoms with E-state index in [-0.39, 0.29) is 18.2 Å². The number of esters is 1. The summed E-state index contributed by atoms with van der Waals surface area (Å²) in [6.45, 7) is -0.351. The Kier molecular flexibility index (Phi) is 7.54. The summed E-state index contributed by atoms with van der Waals surface area (Å²) in [6, 6.07) is 8.98. The second kappa shape index (κ2) is 10.0. The highest BCUT2D eigenvalue weighted by atomic mass is 19.4. The second-order valence-corrected chi connectivity index (χ2v) is 7.75.